The zero-order valence-electron chi connectivity index (χ0n) is 25.8. The average Bonchev–Trinajstić information content (AvgIpc) is 2.91. The van der Waals surface area contributed by atoms with Crippen molar-refractivity contribution >= 4 is 17.5 Å². The Morgan fingerprint density at radius 3 is 2.17 bits per heavy atom. The van der Waals surface area contributed by atoms with Gasteiger partial charge in [-0.3, -0.25) is 14.4 Å². The number of rotatable bonds is 23. The molecule has 0 unspecified atom stereocenters. The lowest BCUT2D eigenvalue weighted by atomic mass is 9.77. The van der Waals surface area contributed by atoms with Gasteiger partial charge in [-0.2, -0.15) is 0 Å². The van der Waals surface area contributed by atoms with Crippen molar-refractivity contribution in [1.29, 1.82) is 0 Å². The molecule has 1 heterocycles. The Balaban J connectivity index is 2.04. The number of unbranched alkanes of at least 4 members (excludes halogenated alkanes) is 3. The molecule has 0 aliphatic carbocycles. The van der Waals surface area contributed by atoms with Crippen LogP contribution >= 0.6 is 0 Å². The van der Waals surface area contributed by atoms with Gasteiger partial charge in [0.05, 0.1) is 19.8 Å². The number of aliphatic hydroxyl groups is 3. The van der Waals surface area contributed by atoms with E-state index in [1.807, 2.05) is 0 Å². The number of Topliss-reactive ketones (excluding diaryl/α,β-unsaturated/α-hetero) is 2. The molecule has 1 rings (SSSR count). The van der Waals surface area contributed by atoms with E-state index in [1.54, 1.807) is 0 Å². The highest BCUT2D eigenvalue weighted by atomic mass is 16.7. The number of hydrogen-bond acceptors (Lipinski definition) is 10. The molecule has 41 heavy (non-hydrogen) atoms. The second-order valence-corrected chi connectivity index (χ2v) is 12.0. The molecule has 11 heteroatoms. The third-order valence-corrected chi connectivity index (χ3v) is 7.87. The minimum atomic E-state index is -1.34. The quantitative estimate of drug-likeness (QED) is 0.130. The van der Waals surface area contributed by atoms with Gasteiger partial charge in [0.2, 0.25) is 5.91 Å². The molecular weight excluding hydrogens is 534 g/mol. The summed E-state index contributed by atoms with van der Waals surface area (Å²) in [7, 11) is 0. The van der Waals surface area contributed by atoms with Gasteiger partial charge in [-0.25, -0.2) is 0 Å². The fourth-order valence-electron chi connectivity index (χ4n) is 4.31. The normalized spacial score (nSPS) is 23.1. The highest BCUT2D eigenvalue weighted by molar-refractivity contribution is 5.79. The summed E-state index contributed by atoms with van der Waals surface area (Å²) >= 11 is 0. The average molecular weight is 590 g/mol. The molecule has 1 aliphatic rings. The smallest absolute Gasteiger partial charge is 0.217 e. The number of nitrogens with one attached hydrogen (secondary N) is 1. The molecule has 1 aliphatic heterocycles. The standard InChI is InChI=1S/C30H55NO10/c1-21(2)30(4,5)14-13-23(34)12-10-15-38-17-18-39-20-24(35)11-8-6-7-9-16-40-29-26(31-22(3)33)28(37)27(36)25(19-32)41-29/h21,25-29,32,36-37H,6-20H2,1-5H3,(H,31,33)/t25-,26-,27+,28-,29-/m1/s1. The predicted molar refractivity (Wildman–Crippen MR) is 153 cm³/mol. The lowest BCUT2D eigenvalue weighted by Gasteiger charge is -2.42. The van der Waals surface area contributed by atoms with E-state index in [4.69, 9.17) is 18.9 Å². The summed E-state index contributed by atoms with van der Waals surface area (Å²) < 4.78 is 22.1. The first-order valence-corrected chi connectivity index (χ1v) is 15.1. The van der Waals surface area contributed by atoms with Crippen molar-refractivity contribution in [2.24, 2.45) is 11.3 Å². The zero-order chi connectivity index (χ0) is 30.8. The van der Waals surface area contributed by atoms with Crippen molar-refractivity contribution in [1.82, 2.24) is 5.32 Å². The van der Waals surface area contributed by atoms with Gasteiger partial charge in [0.15, 0.2) is 12.1 Å². The van der Waals surface area contributed by atoms with Gasteiger partial charge < -0.3 is 39.6 Å². The zero-order valence-corrected chi connectivity index (χ0v) is 25.8. The van der Waals surface area contributed by atoms with Crippen LogP contribution in [-0.2, 0) is 33.3 Å². The predicted octanol–water partition coefficient (Wildman–Crippen LogP) is 2.31. The lowest BCUT2D eigenvalue weighted by molar-refractivity contribution is -0.270. The maximum Gasteiger partial charge on any atom is 0.217 e. The van der Waals surface area contributed by atoms with Crippen LogP contribution in [0.4, 0.5) is 0 Å². The van der Waals surface area contributed by atoms with Crippen LogP contribution in [0.2, 0.25) is 0 Å². The maximum atomic E-state index is 12.1. The third kappa shape index (κ3) is 15.5. The molecule has 240 valence electrons. The van der Waals surface area contributed by atoms with E-state index in [1.165, 1.54) is 6.92 Å². The number of carbonyl (C=O) groups excluding carboxylic acids is 3. The number of ketones is 2. The van der Waals surface area contributed by atoms with Crippen molar-refractivity contribution in [3.05, 3.63) is 0 Å². The number of carbonyl (C=O) groups is 3. The topological polar surface area (TPSA) is 161 Å². The Hall–Kier alpha value is -1.47. The largest absolute Gasteiger partial charge is 0.394 e. The van der Waals surface area contributed by atoms with Gasteiger partial charge in [0.1, 0.15) is 36.7 Å². The molecule has 1 fully saturated rings. The highest BCUT2D eigenvalue weighted by Crippen LogP contribution is 2.31. The molecular formula is C30H55NO10. The van der Waals surface area contributed by atoms with Crippen LogP contribution in [0.25, 0.3) is 0 Å². The van der Waals surface area contributed by atoms with E-state index in [-0.39, 0.29) is 23.6 Å². The fraction of sp³-hybridized carbons (Fsp3) is 0.900. The summed E-state index contributed by atoms with van der Waals surface area (Å²) in [4.78, 5) is 35.5. The Labute approximate surface area is 245 Å². The van der Waals surface area contributed by atoms with E-state index >= 15 is 0 Å². The number of hydrogen-bond donors (Lipinski definition) is 4. The van der Waals surface area contributed by atoms with Crippen molar-refractivity contribution < 1.29 is 48.7 Å². The van der Waals surface area contributed by atoms with Crippen LogP contribution < -0.4 is 5.32 Å². The molecule has 0 radical (unpaired) electrons. The van der Waals surface area contributed by atoms with E-state index in [2.05, 4.69) is 33.0 Å². The van der Waals surface area contributed by atoms with E-state index in [9.17, 15) is 29.7 Å². The van der Waals surface area contributed by atoms with Crippen molar-refractivity contribution in [2.45, 2.75) is 123 Å². The maximum absolute atomic E-state index is 12.1. The molecule has 0 saturated carbocycles. The summed E-state index contributed by atoms with van der Waals surface area (Å²) in [6.07, 6.45) is 1.55. The van der Waals surface area contributed by atoms with E-state index < -0.39 is 43.2 Å². The van der Waals surface area contributed by atoms with E-state index in [0.29, 0.717) is 64.4 Å². The van der Waals surface area contributed by atoms with Crippen LogP contribution in [0.5, 0.6) is 0 Å². The number of ether oxygens (including phenoxy) is 4. The summed E-state index contributed by atoms with van der Waals surface area (Å²) in [5.74, 6) is 0.458. The first-order chi connectivity index (χ1) is 19.4. The van der Waals surface area contributed by atoms with Crippen molar-refractivity contribution in [3.63, 3.8) is 0 Å². The Morgan fingerprint density at radius 1 is 0.854 bits per heavy atom. The van der Waals surface area contributed by atoms with Crippen LogP contribution in [0.1, 0.15) is 92.4 Å². The number of aliphatic hydroxyl groups excluding tert-OH is 3. The molecule has 0 bridgehead atoms. The van der Waals surface area contributed by atoms with Gasteiger partial charge in [0, 0.05) is 39.4 Å². The van der Waals surface area contributed by atoms with Gasteiger partial charge in [-0.1, -0.05) is 40.5 Å². The minimum Gasteiger partial charge on any atom is -0.394 e. The van der Waals surface area contributed by atoms with Crippen LogP contribution in [-0.4, -0.2) is 103 Å². The van der Waals surface area contributed by atoms with Crippen LogP contribution in [0.15, 0.2) is 0 Å². The molecule has 1 amide bonds. The second-order valence-electron chi connectivity index (χ2n) is 12.0. The fourth-order valence-corrected chi connectivity index (χ4v) is 4.31. The third-order valence-electron chi connectivity index (χ3n) is 7.87. The summed E-state index contributed by atoms with van der Waals surface area (Å²) in [6.45, 7) is 11.2. The van der Waals surface area contributed by atoms with E-state index in [0.717, 1.165) is 25.7 Å². The molecule has 11 nitrogen and oxygen atoms in total. The van der Waals surface area contributed by atoms with Gasteiger partial charge >= 0.3 is 0 Å². The lowest BCUT2D eigenvalue weighted by Crippen LogP contribution is -2.64. The van der Waals surface area contributed by atoms with Crippen LogP contribution in [0, 0.1) is 11.3 Å². The van der Waals surface area contributed by atoms with Crippen molar-refractivity contribution in [3.8, 4) is 0 Å². The highest BCUT2D eigenvalue weighted by Gasteiger charge is 2.45. The minimum absolute atomic E-state index is 0.0347. The molecule has 1 saturated heterocycles. The van der Waals surface area contributed by atoms with Crippen molar-refractivity contribution in [2.75, 3.05) is 39.6 Å². The molecule has 4 N–H and O–H groups in total. The SMILES string of the molecule is CC(=O)N[C@H]1[C@H](OCCCCCCC(=O)COCCOCCCC(=O)CCC(C)(C)C(C)C)O[C@H](CO)[C@H](O)[C@@H]1O. The Morgan fingerprint density at radius 2 is 1.51 bits per heavy atom. The monoisotopic (exact) mass is 589 g/mol. The van der Waals surface area contributed by atoms with Gasteiger partial charge in [-0.05, 0) is 37.0 Å². The summed E-state index contributed by atoms with van der Waals surface area (Å²) in [6, 6.07) is -0.949. The molecule has 0 spiro atoms. The van der Waals surface area contributed by atoms with Crippen LogP contribution in [0.3, 0.4) is 0 Å². The molecule has 0 aromatic rings. The molecule has 0 aromatic carbocycles. The first-order valence-electron chi connectivity index (χ1n) is 15.1. The molecule has 0 aromatic heterocycles. The number of amides is 1. The van der Waals surface area contributed by atoms with Gasteiger partial charge in [-0.15, -0.1) is 0 Å². The summed E-state index contributed by atoms with van der Waals surface area (Å²) in [5, 5.41) is 32.2. The Bertz CT molecular complexity index is 760. The van der Waals surface area contributed by atoms with Gasteiger partial charge in [0.25, 0.3) is 0 Å². The Kier molecular flexibility index (Phi) is 18.7. The molecule has 5 atom stereocenters. The summed E-state index contributed by atoms with van der Waals surface area (Å²) in [5.41, 5.74) is 0.172. The first kappa shape index (κ1) is 37.6. The second kappa shape index (κ2) is 20.4.